The molecule has 0 radical (unpaired) electrons. The Kier molecular flexibility index (Phi) is 9.19. The van der Waals surface area contributed by atoms with Crippen molar-refractivity contribution in [1.29, 1.82) is 0 Å². The predicted octanol–water partition coefficient (Wildman–Crippen LogP) is 4.29. The first-order valence-corrected chi connectivity index (χ1v) is 14.3. The number of phosphoric ester groups is 1. The van der Waals surface area contributed by atoms with E-state index in [1.54, 1.807) is 30.3 Å². The number of benzene rings is 2. The number of hydrogen-bond acceptors (Lipinski definition) is 7. The van der Waals surface area contributed by atoms with Crippen LogP contribution in [0.15, 0.2) is 53.3 Å². The van der Waals surface area contributed by atoms with Gasteiger partial charge in [-0.1, -0.05) is 29.3 Å². The van der Waals surface area contributed by atoms with Gasteiger partial charge in [0.2, 0.25) is 0 Å². The molecule has 0 bridgehead atoms. The molecule has 0 saturated carbocycles. The van der Waals surface area contributed by atoms with Gasteiger partial charge in [-0.25, -0.2) is 0 Å². The van der Waals surface area contributed by atoms with Crippen LogP contribution < -0.4 is 20.1 Å². The van der Waals surface area contributed by atoms with E-state index in [2.05, 4.69) is 14.3 Å². The highest BCUT2D eigenvalue weighted by Crippen LogP contribution is 2.36. The van der Waals surface area contributed by atoms with Gasteiger partial charge in [0.1, 0.15) is 12.0 Å². The standard InChI is InChI=1S/C25H30Cl2N3O6P/c1-18(36-37(32,33)34)30-23-17-20(9-7-19(23)8-10-24(30)31)35-16-3-2-11-28-12-14-29(15-13-28)22-6-4-5-21(26)25(22)27/h4-10,17-18H,2-3,11-16H2,1H3,(H2,32,33,34)/p-1. The molecule has 1 aromatic heterocycles. The second kappa shape index (κ2) is 12.2. The molecule has 0 aliphatic carbocycles. The normalized spacial score (nSPS) is 17.1. The fourth-order valence-electron chi connectivity index (χ4n) is 4.51. The molecule has 2 heterocycles. The predicted molar refractivity (Wildman–Crippen MR) is 144 cm³/mol. The van der Waals surface area contributed by atoms with E-state index < -0.39 is 19.6 Å². The Morgan fingerprint density at radius 1 is 1.08 bits per heavy atom. The lowest BCUT2D eigenvalue weighted by atomic mass is 10.2. The van der Waals surface area contributed by atoms with Crippen LogP contribution in [-0.4, -0.2) is 53.7 Å². The summed E-state index contributed by atoms with van der Waals surface area (Å²) in [5, 5.41) is 1.87. The average Bonchev–Trinajstić information content (AvgIpc) is 2.84. The Morgan fingerprint density at radius 2 is 1.81 bits per heavy atom. The summed E-state index contributed by atoms with van der Waals surface area (Å²) in [7, 11) is -5.02. The third-order valence-corrected chi connectivity index (χ3v) is 7.72. The zero-order valence-corrected chi connectivity index (χ0v) is 22.8. The summed E-state index contributed by atoms with van der Waals surface area (Å²) >= 11 is 12.5. The summed E-state index contributed by atoms with van der Waals surface area (Å²) in [5.41, 5.74) is 0.967. The lowest BCUT2D eigenvalue weighted by Gasteiger charge is -2.36. The summed E-state index contributed by atoms with van der Waals surface area (Å²) in [6.07, 6.45) is 0.606. The first-order chi connectivity index (χ1) is 17.6. The molecule has 1 N–H and O–H groups in total. The number of nitrogens with zero attached hydrogens (tertiary/aromatic N) is 3. The molecule has 200 valence electrons. The minimum absolute atomic E-state index is 0.448. The lowest BCUT2D eigenvalue weighted by molar-refractivity contribution is -0.226. The maximum Gasteiger partial charge on any atom is 0.267 e. The summed E-state index contributed by atoms with van der Waals surface area (Å²) in [6, 6.07) is 13.9. The van der Waals surface area contributed by atoms with Gasteiger partial charge in [-0.15, -0.1) is 0 Å². The van der Waals surface area contributed by atoms with E-state index in [1.807, 2.05) is 12.1 Å². The van der Waals surface area contributed by atoms with Crippen molar-refractivity contribution in [3.8, 4) is 5.75 Å². The van der Waals surface area contributed by atoms with Crippen molar-refractivity contribution < 1.29 is 23.6 Å². The molecule has 1 saturated heterocycles. The number of pyridine rings is 1. The van der Waals surface area contributed by atoms with Gasteiger partial charge in [0.05, 0.1) is 27.9 Å². The number of halogens is 2. The van der Waals surface area contributed by atoms with Crippen molar-refractivity contribution in [1.82, 2.24) is 9.47 Å². The monoisotopic (exact) mass is 568 g/mol. The Balaban J connectivity index is 1.27. The number of unbranched alkanes of at least 4 members (excludes halogenated alkanes) is 1. The largest absolute Gasteiger partial charge is 0.756 e. The Morgan fingerprint density at radius 3 is 2.54 bits per heavy atom. The number of piperazine rings is 1. The number of fused-ring (bicyclic) bond motifs is 1. The molecular weight excluding hydrogens is 540 g/mol. The van der Waals surface area contributed by atoms with Gasteiger partial charge >= 0.3 is 0 Å². The summed E-state index contributed by atoms with van der Waals surface area (Å²) in [6.45, 7) is 6.48. The number of ether oxygens (including phenoxy) is 1. The van der Waals surface area contributed by atoms with Crippen molar-refractivity contribution in [2.45, 2.75) is 26.0 Å². The Bertz CT molecular complexity index is 1340. The van der Waals surface area contributed by atoms with Crippen LogP contribution >= 0.6 is 31.0 Å². The molecular formula is C25H29Cl2N3O6P-. The molecule has 1 aliphatic heterocycles. The molecule has 2 atom stereocenters. The van der Waals surface area contributed by atoms with E-state index in [-0.39, 0.29) is 0 Å². The smallest absolute Gasteiger partial charge is 0.267 e. The number of aromatic nitrogens is 1. The van der Waals surface area contributed by atoms with Gasteiger partial charge in [-0.05, 0) is 62.0 Å². The van der Waals surface area contributed by atoms with E-state index in [9.17, 15) is 14.3 Å². The van der Waals surface area contributed by atoms with Gasteiger partial charge in [-0.3, -0.25) is 23.4 Å². The SMILES string of the molecule is CC(OP(=O)([O-])O)n1c(=O)ccc2ccc(OCCCCN3CCN(c4cccc(Cl)c4Cl)CC3)cc21. The quantitative estimate of drug-likeness (QED) is 0.285. The van der Waals surface area contributed by atoms with Crippen molar-refractivity contribution in [3.63, 3.8) is 0 Å². The second-order valence-corrected chi connectivity index (χ2v) is 10.8. The number of phosphoric acid groups is 1. The molecule has 4 rings (SSSR count). The number of hydrogen-bond donors (Lipinski definition) is 1. The van der Waals surface area contributed by atoms with Crippen LogP contribution in [-0.2, 0) is 9.09 Å². The van der Waals surface area contributed by atoms with Crippen molar-refractivity contribution >= 4 is 47.6 Å². The number of rotatable bonds is 10. The lowest BCUT2D eigenvalue weighted by Crippen LogP contribution is -2.46. The first kappa shape index (κ1) is 27.9. The van der Waals surface area contributed by atoms with E-state index in [1.165, 1.54) is 17.6 Å². The minimum Gasteiger partial charge on any atom is -0.756 e. The van der Waals surface area contributed by atoms with Gasteiger partial charge < -0.3 is 19.4 Å². The molecule has 2 unspecified atom stereocenters. The van der Waals surface area contributed by atoms with Crippen LogP contribution in [0.25, 0.3) is 10.9 Å². The van der Waals surface area contributed by atoms with E-state index in [0.29, 0.717) is 33.3 Å². The molecule has 37 heavy (non-hydrogen) atoms. The van der Waals surface area contributed by atoms with Crippen LogP contribution in [0.5, 0.6) is 5.75 Å². The third-order valence-electron chi connectivity index (χ3n) is 6.34. The summed E-state index contributed by atoms with van der Waals surface area (Å²) in [4.78, 5) is 37.3. The highest BCUT2D eigenvalue weighted by atomic mass is 35.5. The van der Waals surface area contributed by atoms with Crippen LogP contribution in [0.4, 0.5) is 5.69 Å². The fraction of sp³-hybridized carbons (Fsp3) is 0.400. The zero-order chi connectivity index (χ0) is 26.6. The molecule has 9 nitrogen and oxygen atoms in total. The Labute approximate surface area is 225 Å². The molecule has 2 aromatic carbocycles. The van der Waals surface area contributed by atoms with Gasteiger partial charge in [0.15, 0.2) is 0 Å². The minimum atomic E-state index is -5.02. The molecule has 1 aliphatic rings. The van der Waals surface area contributed by atoms with E-state index >= 15 is 0 Å². The van der Waals surface area contributed by atoms with Crippen LogP contribution in [0.3, 0.4) is 0 Å². The highest BCUT2D eigenvalue weighted by molar-refractivity contribution is 7.44. The molecule has 3 aromatic rings. The first-order valence-electron chi connectivity index (χ1n) is 12.0. The maximum atomic E-state index is 12.4. The van der Waals surface area contributed by atoms with Crippen molar-refractivity contribution in [3.05, 3.63) is 68.9 Å². The van der Waals surface area contributed by atoms with E-state index in [4.69, 9.17) is 32.8 Å². The van der Waals surface area contributed by atoms with Crippen LogP contribution in [0.1, 0.15) is 26.0 Å². The van der Waals surface area contributed by atoms with Crippen molar-refractivity contribution in [2.75, 3.05) is 44.2 Å². The molecule has 0 spiro atoms. The highest BCUT2D eigenvalue weighted by Gasteiger charge is 2.20. The second-order valence-electron chi connectivity index (χ2n) is 8.89. The van der Waals surface area contributed by atoms with Crippen LogP contribution in [0.2, 0.25) is 10.0 Å². The van der Waals surface area contributed by atoms with Crippen LogP contribution in [0, 0.1) is 0 Å². The zero-order valence-electron chi connectivity index (χ0n) is 20.4. The maximum absolute atomic E-state index is 12.4. The van der Waals surface area contributed by atoms with Crippen molar-refractivity contribution in [2.24, 2.45) is 0 Å². The number of anilines is 1. The van der Waals surface area contributed by atoms with E-state index in [0.717, 1.165) is 51.3 Å². The van der Waals surface area contributed by atoms with Gasteiger partial charge in [0, 0.05) is 38.3 Å². The molecule has 1 fully saturated rings. The Hall–Kier alpha value is -2.10. The summed E-state index contributed by atoms with van der Waals surface area (Å²) < 4.78 is 22.9. The summed E-state index contributed by atoms with van der Waals surface area (Å²) in [5.74, 6) is 0.556. The topological polar surface area (TPSA) is 107 Å². The van der Waals surface area contributed by atoms with Gasteiger partial charge in [0.25, 0.3) is 13.4 Å². The molecule has 12 heteroatoms. The fourth-order valence-corrected chi connectivity index (χ4v) is 5.41. The third kappa shape index (κ3) is 7.27. The molecule has 0 amide bonds. The average molecular weight is 569 g/mol. The van der Waals surface area contributed by atoms with Gasteiger partial charge in [-0.2, -0.15) is 0 Å².